The number of halogens is 2. The van der Waals surface area contributed by atoms with Crippen molar-refractivity contribution in [3.63, 3.8) is 0 Å². The minimum Gasteiger partial charge on any atom is -0.360 e. The Labute approximate surface area is 219 Å². The molecule has 38 heavy (non-hydrogen) atoms. The summed E-state index contributed by atoms with van der Waals surface area (Å²) in [5.41, 5.74) is 4.77. The van der Waals surface area contributed by atoms with Gasteiger partial charge in [0, 0.05) is 85.6 Å². The van der Waals surface area contributed by atoms with E-state index in [0.29, 0.717) is 24.3 Å². The summed E-state index contributed by atoms with van der Waals surface area (Å²) in [6.07, 6.45) is 10.4. The van der Waals surface area contributed by atoms with Crippen molar-refractivity contribution in [3.8, 4) is 11.1 Å². The van der Waals surface area contributed by atoms with Crippen LogP contribution < -0.4 is 10.2 Å². The van der Waals surface area contributed by atoms with Crippen LogP contribution in [0.2, 0.25) is 0 Å². The summed E-state index contributed by atoms with van der Waals surface area (Å²) in [7, 11) is 0. The first-order valence-electron chi connectivity index (χ1n) is 13.1. The molecule has 0 saturated carbocycles. The van der Waals surface area contributed by atoms with Crippen molar-refractivity contribution < 1.29 is 13.6 Å². The molecule has 6 rings (SSSR count). The number of likely N-dealkylation sites (tertiary alicyclic amines) is 1. The Morgan fingerprint density at radius 1 is 1.03 bits per heavy atom. The van der Waals surface area contributed by atoms with Crippen molar-refractivity contribution in [2.75, 3.05) is 36.4 Å². The molecule has 1 aromatic carbocycles. The molecule has 2 aliphatic rings. The highest BCUT2D eigenvalue weighted by Gasteiger charge is 2.37. The lowest BCUT2D eigenvalue weighted by Crippen LogP contribution is -2.30. The van der Waals surface area contributed by atoms with Gasteiger partial charge in [0.15, 0.2) is 0 Å². The minimum absolute atomic E-state index is 0.103. The number of rotatable bonds is 6. The van der Waals surface area contributed by atoms with Gasteiger partial charge in [-0.15, -0.1) is 0 Å². The third-order valence-electron chi connectivity index (χ3n) is 7.39. The molecule has 0 unspecified atom stereocenters. The number of amides is 1. The van der Waals surface area contributed by atoms with Crippen LogP contribution in [0.5, 0.6) is 0 Å². The summed E-state index contributed by atoms with van der Waals surface area (Å²) in [5.74, 6) is -1.94. The molecule has 1 amide bonds. The van der Waals surface area contributed by atoms with Gasteiger partial charge >= 0.3 is 0 Å². The Bertz CT molecular complexity index is 1460. The van der Waals surface area contributed by atoms with Gasteiger partial charge in [-0.1, -0.05) is 6.07 Å². The lowest BCUT2D eigenvalue weighted by molar-refractivity contribution is 0.0115. The molecule has 0 spiro atoms. The predicted octanol–water partition coefficient (Wildman–Crippen LogP) is 5.71. The zero-order chi connectivity index (χ0) is 26.1. The van der Waals surface area contributed by atoms with Crippen LogP contribution in [0.15, 0.2) is 61.2 Å². The molecule has 9 heteroatoms. The van der Waals surface area contributed by atoms with E-state index in [-0.39, 0.29) is 18.9 Å². The average Bonchev–Trinajstić information content (AvgIpc) is 3.51. The molecule has 7 nitrogen and oxygen atoms in total. The number of carbonyl (C=O) groups excluding carboxylic acids is 1. The SMILES string of the molecule is O=C(Nc1ccnc(N2CCCCC2)c1)c1c[nH]c2ccc(-c3cncc(CN4CCC(F)(F)C4)c3)cc12. The fourth-order valence-electron chi connectivity index (χ4n) is 5.41. The highest BCUT2D eigenvalue weighted by atomic mass is 19.3. The molecule has 0 bridgehead atoms. The van der Waals surface area contributed by atoms with Crippen LogP contribution in [0.4, 0.5) is 20.3 Å². The maximum absolute atomic E-state index is 13.6. The van der Waals surface area contributed by atoms with Gasteiger partial charge in [-0.25, -0.2) is 13.8 Å². The van der Waals surface area contributed by atoms with Gasteiger partial charge in [-0.05, 0) is 54.7 Å². The summed E-state index contributed by atoms with van der Waals surface area (Å²) in [6, 6.07) is 11.6. The third-order valence-corrected chi connectivity index (χ3v) is 7.39. The van der Waals surface area contributed by atoms with Crippen LogP contribution in [-0.2, 0) is 6.54 Å². The number of aromatic amines is 1. The van der Waals surface area contributed by atoms with E-state index < -0.39 is 5.92 Å². The Morgan fingerprint density at radius 2 is 1.89 bits per heavy atom. The van der Waals surface area contributed by atoms with Crippen molar-refractivity contribution in [2.24, 2.45) is 0 Å². The summed E-state index contributed by atoms with van der Waals surface area (Å²) in [6.45, 7) is 2.55. The maximum atomic E-state index is 13.6. The lowest BCUT2D eigenvalue weighted by atomic mass is 10.0. The number of hydrogen-bond acceptors (Lipinski definition) is 5. The fourth-order valence-corrected chi connectivity index (χ4v) is 5.41. The number of alkyl halides is 2. The van der Waals surface area contributed by atoms with Crippen LogP contribution in [0.3, 0.4) is 0 Å². The first kappa shape index (κ1) is 24.5. The van der Waals surface area contributed by atoms with Crippen molar-refractivity contribution in [1.82, 2.24) is 19.9 Å². The second-order valence-corrected chi connectivity index (χ2v) is 10.3. The number of piperidine rings is 1. The molecular weight excluding hydrogens is 486 g/mol. The number of hydrogen-bond donors (Lipinski definition) is 2. The van der Waals surface area contributed by atoms with Crippen LogP contribution in [0.1, 0.15) is 41.6 Å². The molecule has 0 atom stereocenters. The van der Waals surface area contributed by atoms with Gasteiger partial charge in [0.1, 0.15) is 5.82 Å². The number of benzene rings is 1. The molecule has 0 radical (unpaired) electrons. The lowest BCUT2D eigenvalue weighted by Gasteiger charge is -2.27. The zero-order valence-corrected chi connectivity index (χ0v) is 21.1. The number of pyridine rings is 2. The quantitative estimate of drug-likeness (QED) is 0.343. The Morgan fingerprint density at radius 3 is 2.71 bits per heavy atom. The highest BCUT2D eigenvalue weighted by molar-refractivity contribution is 6.13. The maximum Gasteiger partial charge on any atom is 0.261 e. The van der Waals surface area contributed by atoms with Crippen molar-refractivity contribution in [2.45, 2.75) is 38.2 Å². The van der Waals surface area contributed by atoms with E-state index in [1.807, 2.05) is 30.3 Å². The molecule has 2 N–H and O–H groups in total. The normalized spacial score (nSPS) is 17.7. The number of nitrogens with zero attached hydrogens (tertiary/aromatic N) is 4. The van der Waals surface area contributed by atoms with E-state index in [9.17, 15) is 13.6 Å². The van der Waals surface area contributed by atoms with Crippen molar-refractivity contribution in [1.29, 1.82) is 0 Å². The number of nitrogens with one attached hydrogen (secondary N) is 2. The van der Waals surface area contributed by atoms with Gasteiger partial charge in [0.2, 0.25) is 0 Å². The molecule has 2 aliphatic heterocycles. The summed E-state index contributed by atoms with van der Waals surface area (Å²) in [4.78, 5) is 29.3. The Kier molecular flexibility index (Phi) is 6.53. The molecule has 4 aromatic rings. The zero-order valence-electron chi connectivity index (χ0n) is 21.1. The van der Waals surface area contributed by atoms with Gasteiger partial charge in [-0.2, -0.15) is 0 Å². The van der Waals surface area contributed by atoms with E-state index in [0.717, 1.165) is 59.3 Å². The number of H-pyrrole nitrogens is 1. The highest BCUT2D eigenvalue weighted by Crippen LogP contribution is 2.30. The molecule has 2 fully saturated rings. The first-order valence-corrected chi connectivity index (χ1v) is 13.1. The Hall–Kier alpha value is -3.85. The molecule has 3 aromatic heterocycles. The Balaban J connectivity index is 1.21. The number of carbonyl (C=O) groups is 1. The van der Waals surface area contributed by atoms with Crippen LogP contribution in [0.25, 0.3) is 22.0 Å². The van der Waals surface area contributed by atoms with Crippen LogP contribution in [-0.4, -0.2) is 57.9 Å². The van der Waals surface area contributed by atoms with Crippen molar-refractivity contribution in [3.05, 3.63) is 72.3 Å². The number of aromatic nitrogens is 3. The minimum atomic E-state index is -2.62. The van der Waals surface area contributed by atoms with E-state index in [1.54, 1.807) is 35.8 Å². The predicted molar refractivity (Wildman–Crippen MR) is 145 cm³/mol. The summed E-state index contributed by atoms with van der Waals surface area (Å²) >= 11 is 0. The average molecular weight is 517 g/mol. The summed E-state index contributed by atoms with van der Waals surface area (Å²) < 4.78 is 27.2. The topological polar surface area (TPSA) is 77.1 Å². The van der Waals surface area contributed by atoms with Gasteiger partial charge in [0.05, 0.1) is 12.1 Å². The number of anilines is 2. The van der Waals surface area contributed by atoms with Crippen molar-refractivity contribution >= 4 is 28.3 Å². The van der Waals surface area contributed by atoms with Gasteiger partial charge in [-0.3, -0.25) is 14.7 Å². The second-order valence-electron chi connectivity index (χ2n) is 10.3. The van der Waals surface area contributed by atoms with Crippen LogP contribution in [0, 0.1) is 0 Å². The molecule has 2 saturated heterocycles. The van der Waals surface area contributed by atoms with E-state index in [1.165, 1.54) is 6.42 Å². The monoisotopic (exact) mass is 516 g/mol. The smallest absolute Gasteiger partial charge is 0.261 e. The third kappa shape index (κ3) is 5.24. The van der Waals surface area contributed by atoms with E-state index >= 15 is 0 Å². The van der Waals surface area contributed by atoms with E-state index in [2.05, 4.69) is 25.2 Å². The van der Waals surface area contributed by atoms with Crippen LogP contribution >= 0.6 is 0 Å². The van der Waals surface area contributed by atoms with Gasteiger partial charge in [0.25, 0.3) is 11.8 Å². The summed E-state index contributed by atoms with van der Waals surface area (Å²) in [5, 5.41) is 3.83. The molecule has 5 heterocycles. The largest absolute Gasteiger partial charge is 0.360 e. The number of fused-ring (bicyclic) bond motifs is 1. The molecule has 196 valence electrons. The fraction of sp³-hybridized carbons (Fsp3) is 0.345. The van der Waals surface area contributed by atoms with E-state index in [4.69, 9.17) is 0 Å². The van der Waals surface area contributed by atoms with Gasteiger partial charge < -0.3 is 15.2 Å². The molecular formula is C29H30F2N6O. The standard InChI is InChI=1S/C29H30F2N6O/c30-29(31)7-11-36(19-29)18-20-12-22(16-32-15-20)21-4-5-26-24(13-21)25(17-34-26)28(38)35-23-6-8-33-27(14-23)37-9-2-1-3-10-37/h4-6,8,12-17,34H,1-3,7,9-11,18-19H2,(H,33,35,38). The molecule has 0 aliphatic carbocycles. The second kappa shape index (κ2) is 10.1. The first-order chi connectivity index (χ1) is 18.4.